The number of thiazole rings is 1. The second-order valence-electron chi connectivity index (χ2n) is 4.29. The summed E-state index contributed by atoms with van der Waals surface area (Å²) in [5.41, 5.74) is 0.939. The van der Waals surface area contributed by atoms with Gasteiger partial charge in [-0.25, -0.2) is 4.98 Å². The molecule has 1 N–H and O–H groups in total. The first-order valence-corrected chi connectivity index (χ1v) is 8.83. The molecule has 0 saturated heterocycles. The molecule has 5 nitrogen and oxygen atoms in total. The van der Waals surface area contributed by atoms with Gasteiger partial charge in [-0.05, 0) is 24.3 Å². The van der Waals surface area contributed by atoms with Gasteiger partial charge in [0.25, 0.3) is 5.91 Å². The van der Waals surface area contributed by atoms with E-state index < -0.39 is 10.8 Å². The minimum absolute atomic E-state index is 0.183. The molecular formula is C14H16N2O3S2. The Hall–Kier alpha value is -1.73. The summed E-state index contributed by atoms with van der Waals surface area (Å²) < 4.78 is 16.0. The van der Waals surface area contributed by atoms with Crippen molar-refractivity contribution in [1.82, 2.24) is 10.3 Å². The quantitative estimate of drug-likeness (QED) is 0.881. The summed E-state index contributed by atoms with van der Waals surface area (Å²) >= 11 is 1.33. The van der Waals surface area contributed by atoms with E-state index in [4.69, 9.17) is 4.74 Å². The van der Waals surface area contributed by atoms with Crippen LogP contribution in [0.4, 0.5) is 0 Å². The molecule has 1 amide bonds. The number of methoxy groups -OCH3 is 1. The molecule has 1 heterocycles. The van der Waals surface area contributed by atoms with Crippen molar-refractivity contribution in [2.75, 3.05) is 25.7 Å². The molecule has 1 aromatic heterocycles. The maximum Gasteiger partial charge on any atom is 0.263 e. The Bertz CT molecular complexity index is 638. The van der Waals surface area contributed by atoms with Crippen LogP contribution < -0.4 is 10.1 Å². The second kappa shape index (κ2) is 7.33. The van der Waals surface area contributed by atoms with Crippen LogP contribution in [0.25, 0.3) is 10.6 Å². The first-order valence-electron chi connectivity index (χ1n) is 6.28. The Morgan fingerprint density at radius 3 is 2.71 bits per heavy atom. The number of ether oxygens (including phenoxy) is 1. The van der Waals surface area contributed by atoms with Gasteiger partial charge in [-0.3, -0.25) is 9.00 Å². The highest BCUT2D eigenvalue weighted by Crippen LogP contribution is 2.26. The van der Waals surface area contributed by atoms with Crippen LogP contribution in [0.2, 0.25) is 0 Å². The fourth-order valence-corrected chi connectivity index (χ4v) is 2.87. The molecule has 7 heteroatoms. The van der Waals surface area contributed by atoms with Crippen LogP contribution in [0.5, 0.6) is 5.75 Å². The highest BCUT2D eigenvalue weighted by molar-refractivity contribution is 7.84. The molecule has 0 bridgehead atoms. The summed E-state index contributed by atoms with van der Waals surface area (Å²) in [6.07, 6.45) is 3.17. The van der Waals surface area contributed by atoms with E-state index in [-0.39, 0.29) is 5.91 Å². The lowest BCUT2D eigenvalue weighted by atomic mass is 10.2. The predicted molar refractivity (Wildman–Crippen MR) is 85.4 cm³/mol. The minimum atomic E-state index is -0.905. The molecule has 2 aromatic rings. The van der Waals surface area contributed by atoms with Crippen LogP contribution in [0.3, 0.4) is 0 Å². The topological polar surface area (TPSA) is 68.3 Å². The van der Waals surface area contributed by atoms with Gasteiger partial charge < -0.3 is 10.1 Å². The minimum Gasteiger partial charge on any atom is -0.497 e. The molecule has 1 atom stereocenters. The smallest absolute Gasteiger partial charge is 0.263 e. The Morgan fingerprint density at radius 1 is 1.38 bits per heavy atom. The summed E-state index contributed by atoms with van der Waals surface area (Å²) in [5.74, 6) is 1.05. The van der Waals surface area contributed by atoms with Crippen LogP contribution in [-0.4, -0.2) is 40.8 Å². The first kappa shape index (κ1) is 15.7. The van der Waals surface area contributed by atoms with E-state index in [1.54, 1.807) is 19.6 Å². The fraction of sp³-hybridized carbons (Fsp3) is 0.286. The van der Waals surface area contributed by atoms with E-state index in [1.807, 2.05) is 24.3 Å². The molecule has 1 unspecified atom stereocenters. The summed E-state index contributed by atoms with van der Waals surface area (Å²) in [6.45, 7) is 0.401. The van der Waals surface area contributed by atoms with E-state index in [1.165, 1.54) is 11.3 Å². The average Bonchev–Trinajstić information content (AvgIpc) is 2.97. The van der Waals surface area contributed by atoms with Crippen LogP contribution in [0.1, 0.15) is 9.67 Å². The number of carbonyl (C=O) groups is 1. The van der Waals surface area contributed by atoms with Crippen LogP contribution >= 0.6 is 11.3 Å². The largest absolute Gasteiger partial charge is 0.497 e. The lowest BCUT2D eigenvalue weighted by Gasteiger charge is -2.01. The van der Waals surface area contributed by atoms with Crippen LogP contribution in [0, 0.1) is 0 Å². The molecule has 0 radical (unpaired) electrons. The first-order chi connectivity index (χ1) is 10.1. The van der Waals surface area contributed by atoms with Crippen molar-refractivity contribution >= 4 is 28.0 Å². The van der Waals surface area contributed by atoms with Crippen molar-refractivity contribution in [3.8, 4) is 16.3 Å². The Labute approximate surface area is 129 Å². The zero-order valence-corrected chi connectivity index (χ0v) is 13.4. The number of nitrogens with zero attached hydrogens (tertiary/aromatic N) is 1. The van der Waals surface area contributed by atoms with E-state index >= 15 is 0 Å². The van der Waals surface area contributed by atoms with Gasteiger partial charge in [0, 0.05) is 34.9 Å². The van der Waals surface area contributed by atoms with Gasteiger partial charge in [0.1, 0.15) is 15.6 Å². The highest BCUT2D eigenvalue weighted by atomic mass is 32.2. The maximum atomic E-state index is 11.9. The normalized spacial score (nSPS) is 11.9. The zero-order valence-electron chi connectivity index (χ0n) is 11.8. The van der Waals surface area contributed by atoms with Gasteiger partial charge in [0.15, 0.2) is 0 Å². The zero-order chi connectivity index (χ0) is 15.2. The van der Waals surface area contributed by atoms with Crippen molar-refractivity contribution < 1.29 is 13.7 Å². The van der Waals surface area contributed by atoms with Gasteiger partial charge in [0.2, 0.25) is 0 Å². The number of hydrogen-bond acceptors (Lipinski definition) is 5. The molecule has 1 aromatic carbocycles. The lowest BCUT2D eigenvalue weighted by Crippen LogP contribution is -2.26. The van der Waals surface area contributed by atoms with Gasteiger partial charge in [-0.15, -0.1) is 11.3 Å². The third kappa shape index (κ3) is 4.37. The second-order valence-corrected chi connectivity index (χ2v) is 6.88. The number of hydrogen-bond donors (Lipinski definition) is 1. The third-order valence-corrected chi connectivity index (χ3v) is 4.57. The number of rotatable bonds is 6. The summed E-state index contributed by atoms with van der Waals surface area (Å²) in [5, 5.41) is 3.51. The van der Waals surface area contributed by atoms with Crippen molar-refractivity contribution in [3.05, 3.63) is 35.3 Å². The number of carbonyl (C=O) groups excluding carboxylic acids is 1. The molecular weight excluding hydrogens is 308 g/mol. The molecule has 21 heavy (non-hydrogen) atoms. The van der Waals surface area contributed by atoms with Crippen LogP contribution in [-0.2, 0) is 10.8 Å². The molecule has 0 aliphatic rings. The molecule has 112 valence electrons. The lowest BCUT2D eigenvalue weighted by molar-refractivity contribution is 0.0960. The van der Waals surface area contributed by atoms with Gasteiger partial charge in [-0.1, -0.05) is 0 Å². The molecule has 0 fully saturated rings. The summed E-state index contributed by atoms with van der Waals surface area (Å²) in [4.78, 5) is 16.7. The van der Waals surface area contributed by atoms with E-state index in [0.29, 0.717) is 17.2 Å². The van der Waals surface area contributed by atoms with Crippen LogP contribution in [0.15, 0.2) is 30.5 Å². The Morgan fingerprint density at radius 2 is 2.10 bits per heavy atom. The maximum absolute atomic E-state index is 11.9. The van der Waals surface area contributed by atoms with E-state index in [9.17, 15) is 9.00 Å². The third-order valence-electron chi connectivity index (χ3n) is 2.74. The van der Waals surface area contributed by atoms with E-state index in [2.05, 4.69) is 10.3 Å². The Kier molecular flexibility index (Phi) is 5.46. The molecule has 0 saturated carbocycles. The monoisotopic (exact) mass is 324 g/mol. The number of aromatic nitrogens is 1. The molecule has 0 spiro atoms. The van der Waals surface area contributed by atoms with Gasteiger partial charge in [0.05, 0.1) is 13.3 Å². The molecule has 0 aliphatic heterocycles. The SMILES string of the molecule is COc1ccc(-c2ncc(C(=O)NCCS(C)=O)s2)cc1. The van der Waals surface area contributed by atoms with Crippen molar-refractivity contribution in [3.63, 3.8) is 0 Å². The van der Waals surface area contributed by atoms with Gasteiger partial charge >= 0.3 is 0 Å². The standard InChI is InChI=1S/C14H16N2O3S2/c1-19-11-5-3-10(4-6-11)14-16-9-12(20-14)13(17)15-7-8-21(2)18/h3-6,9H,7-8H2,1-2H3,(H,15,17). The van der Waals surface area contributed by atoms with Gasteiger partial charge in [-0.2, -0.15) is 0 Å². The van der Waals surface area contributed by atoms with E-state index in [0.717, 1.165) is 16.3 Å². The number of nitrogens with one attached hydrogen (secondary N) is 1. The predicted octanol–water partition coefficient (Wildman–Crippen LogP) is 1.93. The van der Waals surface area contributed by atoms with Crippen molar-refractivity contribution in [2.24, 2.45) is 0 Å². The Balaban J connectivity index is 2.03. The fourth-order valence-electron chi connectivity index (χ4n) is 1.64. The number of amides is 1. The molecule has 2 rings (SSSR count). The summed E-state index contributed by atoms with van der Waals surface area (Å²) in [7, 11) is 0.710. The average molecular weight is 324 g/mol. The number of benzene rings is 1. The highest BCUT2D eigenvalue weighted by Gasteiger charge is 2.11. The summed E-state index contributed by atoms with van der Waals surface area (Å²) in [6, 6.07) is 7.51. The molecule has 0 aliphatic carbocycles. The van der Waals surface area contributed by atoms with Crippen molar-refractivity contribution in [1.29, 1.82) is 0 Å². The van der Waals surface area contributed by atoms with Crippen molar-refractivity contribution in [2.45, 2.75) is 0 Å².